The minimum atomic E-state index is -0.334. The highest BCUT2D eigenvalue weighted by molar-refractivity contribution is 8.18. The Labute approximate surface area is 178 Å². The minimum absolute atomic E-state index is 0.143. The molecule has 7 heteroatoms. The van der Waals surface area contributed by atoms with Gasteiger partial charge in [0.05, 0.1) is 28.1 Å². The molecule has 0 bridgehead atoms. The topological polar surface area (TPSA) is 46.6 Å². The number of ether oxygens (including phenoxy) is 1. The number of carbonyl (C=O) groups excluding carboxylic acids is 2. The molecule has 0 N–H and O–H groups in total. The normalized spacial score (nSPS) is 15.8. The maximum absolute atomic E-state index is 12.8. The summed E-state index contributed by atoms with van der Waals surface area (Å²) in [6.45, 7) is 4.85. The van der Waals surface area contributed by atoms with Gasteiger partial charge in [-0.15, -0.1) is 0 Å². The van der Waals surface area contributed by atoms with Crippen molar-refractivity contribution in [3.05, 3.63) is 68.5 Å². The summed E-state index contributed by atoms with van der Waals surface area (Å²) in [6, 6.07) is 12.5. The van der Waals surface area contributed by atoms with E-state index in [0.717, 1.165) is 22.9 Å². The molecule has 1 fully saturated rings. The van der Waals surface area contributed by atoms with E-state index >= 15 is 0 Å². The third-order valence-corrected chi connectivity index (χ3v) is 5.62. The maximum Gasteiger partial charge on any atom is 0.293 e. The van der Waals surface area contributed by atoms with E-state index in [2.05, 4.69) is 13.8 Å². The van der Waals surface area contributed by atoms with E-state index < -0.39 is 0 Å². The van der Waals surface area contributed by atoms with Gasteiger partial charge in [0.15, 0.2) is 0 Å². The zero-order chi connectivity index (χ0) is 20.3. The van der Waals surface area contributed by atoms with Crippen LogP contribution in [0.25, 0.3) is 6.08 Å². The van der Waals surface area contributed by atoms with Crippen LogP contribution >= 0.6 is 35.0 Å². The number of rotatable bonds is 6. The Morgan fingerprint density at radius 3 is 2.57 bits per heavy atom. The van der Waals surface area contributed by atoms with Gasteiger partial charge in [-0.05, 0) is 47.5 Å². The first kappa shape index (κ1) is 20.8. The second-order valence-electron chi connectivity index (χ2n) is 6.76. The quantitative estimate of drug-likeness (QED) is 0.501. The Bertz CT molecular complexity index is 943. The monoisotopic (exact) mass is 435 g/mol. The molecule has 0 saturated carbocycles. The fourth-order valence-corrected chi connectivity index (χ4v) is 3.74. The molecular weight excluding hydrogens is 417 g/mol. The van der Waals surface area contributed by atoms with Crippen LogP contribution in [0.1, 0.15) is 25.0 Å². The molecule has 0 spiro atoms. The van der Waals surface area contributed by atoms with Crippen LogP contribution in [-0.2, 0) is 11.3 Å². The molecular formula is C21H19Cl2NO3S. The van der Waals surface area contributed by atoms with Gasteiger partial charge in [0.1, 0.15) is 5.75 Å². The predicted molar refractivity (Wildman–Crippen MR) is 115 cm³/mol. The van der Waals surface area contributed by atoms with Gasteiger partial charge in [-0.1, -0.05) is 61.3 Å². The molecule has 3 rings (SSSR count). The molecule has 2 aromatic carbocycles. The predicted octanol–water partition coefficient (Wildman–Crippen LogP) is 6.26. The van der Waals surface area contributed by atoms with Crippen molar-refractivity contribution in [3.63, 3.8) is 0 Å². The fourth-order valence-electron chi connectivity index (χ4n) is 2.59. The Balaban J connectivity index is 1.80. The molecule has 146 valence electrons. The summed E-state index contributed by atoms with van der Waals surface area (Å²) in [5, 5.41) is 0.498. The summed E-state index contributed by atoms with van der Waals surface area (Å²) in [4.78, 5) is 26.7. The van der Waals surface area contributed by atoms with Crippen molar-refractivity contribution >= 4 is 52.2 Å². The number of imide groups is 1. The van der Waals surface area contributed by atoms with E-state index in [9.17, 15) is 9.59 Å². The summed E-state index contributed by atoms with van der Waals surface area (Å²) < 4.78 is 5.83. The lowest BCUT2D eigenvalue weighted by molar-refractivity contribution is -0.123. The highest BCUT2D eigenvalue weighted by atomic mass is 35.5. The molecule has 1 aliphatic heterocycles. The van der Waals surface area contributed by atoms with Crippen molar-refractivity contribution in [2.24, 2.45) is 5.92 Å². The lowest BCUT2D eigenvalue weighted by atomic mass is 10.1. The van der Waals surface area contributed by atoms with Crippen molar-refractivity contribution in [2.75, 3.05) is 6.61 Å². The van der Waals surface area contributed by atoms with E-state index in [4.69, 9.17) is 27.9 Å². The molecule has 4 nitrogen and oxygen atoms in total. The SMILES string of the molecule is CC(C)COc1ccccc1/C=C1/SC(=O)N(Cc2ccc(Cl)c(Cl)c2)C1=O. The lowest BCUT2D eigenvalue weighted by Gasteiger charge is -2.13. The van der Waals surface area contributed by atoms with Crippen LogP contribution in [0, 0.1) is 5.92 Å². The van der Waals surface area contributed by atoms with Gasteiger partial charge in [0.25, 0.3) is 11.1 Å². The first-order valence-corrected chi connectivity index (χ1v) is 10.3. The van der Waals surface area contributed by atoms with Gasteiger partial charge in [0, 0.05) is 5.56 Å². The van der Waals surface area contributed by atoms with Crippen LogP contribution in [0.3, 0.4) is 0 Å². The first-order chi connectivity index (χ1) is 13.3. The Kier molecular flexibility index (Phi) is 6.70. The largest absolute Gasteiger partial charge is 0.493 e. The van der Waals surface area contributed by atoms with Crippen LogP contribution in [-0.4, -0.2) is 22.7 Å². The number of amides is 2. The molecule has 2 aromatic rings. The molecule has 0 atom stereocenters. The number of thioether (sulfide) groups is 1. The molecule has 1 saturated heterocycles. The molecule has 0 radical (unpaired) electrons. The highest BCUT2D eigenvalue weighted by Crippen LogP contribution is 2.35. The summed E-state index contributed by atoms with van der Waals surface area (Å²) >= 11 is 12.9. The zero-order valence-corrected chi connectivity index (χ0v) is 17.8. The molecule has 0 unspecified atom stereocenters. The number of hydrogen-bond acceptors (Lipinski definition) is 4. The Morgan fingerprint density at radius 2 is 1.86 bits per heavy atom. The molecule has 28 heavy (non-hydrogen) atoms. The number of benzene rings is 2. The summed E-state index contributed by atoms with van der Waals surface area (Å²) in [5.41, 5.74) is 1.50. The fraction of sp³-hybridized carbons (Fsp3) is 0.238. The van der Waals surface area contributed by atoms with Gasteiger partial charge in [0.2, 0.25) is 0 Å². The average Bonchev–Trinajstić information content (AvgIpc) is 2.91. The van der Waals surface area contributed by atoms with Crippen molar-refractivity contribution in [1.82, 2.24) is 4.90 Å². The van der Waals surface area contributed by atoms with Gasteiger partial charge >= 0.3 is 0 Å². The number of carbonyl (C=O) groups is 2. The van der Waals surface area contributed by atoms with Crippen molar-refractivity contribution < 1.29 is 14.3 Å². The van der Waals surface area contributed by atoms with Gasteiger partial charge in [-0.2, -0.15) is 0 Å². The molecule has 1 heterocycles. The maximum atomic E-state index is 12.8. The second-order valence-corrected chi connectivity index (χ2v) is 8.57. The Morgan fingerprint density at radius 1 is 1.11 bits per heavy atom. The smallest absolute Gasteiger partial charge is 0.293 e. The van der Waals surface area contributed by atoms with Crippen LogP contribution in [0.2, 0.25) is 10.0 Å². The van der Waals surface area contributed by atoms with Crippen molar-refractivity contribution in [3.8, 4) is 5.75 Å². The van der Waals surface area contributed by atoms with Gasteiger partial charge in [-0.25, -0.2) is 0 Å². The highest BCUT2D eigenvalue weighted by Gasteiger charge is 2.35. The Hall–Kier alpha value is -1.95. The van der Waals surface area contributed by atoms with Crippen LogP contribution < -0.4 is 4.74 Å². The number of halogens is 2. The van der Waals surface area contributed by atoms with E-state index in [0.29, 0.717) is 33.2 Å². The van der Waals surface area contributed by atoms with Crippen LogP contribution in [0.15, 0.2) is 47.4 Å². The number of hydrogen-bond donors (Lipinski definition) is 0. The van der Waals surface area contributed by atoms with E-state index in [-0.39, 0.29) is 17.7 Å². The van der Waals surface area contributed by atoms with E-state index in [1.165, 1.54) is 4.90 Å². The standard InChI is InChI=1S/C21H19Cl2NO3S/c1-13(2)12-27-18-6-4-3-5-15(18)10-19-20(25)24(21(26)28-19)11-14-7-8-16(22)17(23)9-14/h3-10,13H,11-12H2,1-2H3/b19-10+. The van der Waals surface area contributed by atoms with Crippen LogP contribution in [0.4, 0.5) is 4.79 Å². The lowest BCUT2D eigenvalue weighted by Crippen LogP contribution is -2.27. The minimum Gasteiger partial charge on any atom is -0.493 e. The summed E-state index contributed by atoms with van der Waals surface area (Å²) in [5.74, 6) is 0.735. The number of para-hydroxylation sites is 1. The molecule has 0 aliphatic carbocycles. The second kappa shape index (κ2) is 9.03. The van der Waals surface area contributed by atoms with Gasteiger partial charge < -0.3 is 4.74 Å². The summed E-state index contributed by atoms with van der Waals surface area (Å²) in [6.07, 6.45) is 1.70. The first-order valence-electron chi connectivity index (χ1n) is 8.76. The third kappa shape index (κ3) is 4.90. The molecule has 2 amide bonds. The van der Waals surface area contributed by atoms with Crippen molar-refractivity contribution in [1.29, 1.82) is 0 Å². The molecule has 0 aromatic heterocycles. The van der Waals surface area contributed by atoms with Gasteiger partial charge in [-0.3, -0.25) is 14.5 Å². The van der Waals surface area contributed by atoms with Crippen molar-refractivity contribution in [2.45, 2.75) is 20.4 Å². The number of nitrogens with zero attached hydrogens (tertiary/aromatic N) is 1. The average molecular weight is 436 g/mol. The van der Waals surface area contributed by atoms with E-state index in [1.54, 1.807) is 24.3 Å². The zero-order valence-electron chi connectivity index (χ0n) is 15.4. The molecule has 1 aliphatic rings. The third-order valence-electron chi connectivity index (χ3n) is 3.98. The van der Waals surface area contributed by atoms with Crippen LogP contribution in [0.5, 0.6) is 5.75 Å². The summed E-state index contributed by atoms with van der Waals surface area (Å²) in [7, 11) is 0. The van der Waals surface area contributed by atoms with E-state index in [1.807, 2.05) is 24.3 Å².